The van der Waals surface area contributed by atoms with Crippen LogP contribution >= 0.6 is 0 Å². The summed E-state index contributed by atoms with van der Waals surface area (Å²) in [6, 6.07) is 2.06. The smallest absolute Gasteiger partial charge is 0.276 e. The Morgan fingerprint density at radius 2 is 2.26 bits per heavy atom. The number of carbonyl (C=O) groups is 1. The molecule has 6 heteroatoms. The lowest BCUT2D eigenvalue weighted by Crippen LogP contribution is -2.35. The van der Waals surface area contributed by atoms with Gasteiger partial charge in [-0.3, -0.25) is 9.89 Å². The largest absolute Gasteiger partial charge is 0.395 e. The van der Waals surface area contributed by atoms with Crippen molar-refractivity contribution in [1.82, 2.24) is 15.1 Å². The van der Waals surface area contributed by atoms with Crippen LogP contribution in [0.15, 0.2) is 0 Å². The van der Waals surface area contributed by atoms with Gasteiger partial charge in [0.25, 0.3) is 5.91 Å². The molecule has 0 unspecified atom stereocenters. The van der Waals surface area contributed by atoms with Crippen molar-refractivity contribution in [2.75, 3.05) is 18.8 Å². The number of aromatic amines is 1. The van der Waals surface area contributed by atoms with E-state index in [2.05, 4.69) is 16.3 Å². The highest BCUT2D eigenvalue weighted by Crippen LogP contribution is 2.17. The van der Waals surface area contributed by atoms with E-state index in [1.54, 1.807) is 4.90 Å². The first-order chi connectivity index (χ1) is 9.01. The Balaban J connectivity index is 2.91. The molecule has 1 heterocycles. The van der Waals surface area contributed by atoms with Gasteiger partial charge in [-0.15, -0.1) is 0 Å². The number of hydrogen-bond donors (Lipinski definition) is 2. The third kappa shape index (κ3) is 3.71. The quantitative estimate of drug-likeness (QED) is 0.813. The van der Waals surface area contributed by atoms with Gasteiger partial charge in [0, 0.05) is 13.1 Å². The number of H-pyrrole nitrogens is 1. The zero-order valence-corrected chi connectivity index (χ0v) is 11.7. The second-order valence-corrected chi connectivity index (χ2v) is 4.87. The van der Waals surface area contributed by atoms with Crippen LogP contribution in [0.3, 0.4) is 0 Å². The van der Waals surface area contributed by atoms with E-state index in [-0.39, 0.29) is 11.6 Å². The van der Waals surface area contributed by atoms with Gasteiger partial charge in [-0.05, 0) is 12.3 Å². The SMILES string of the molecule is CCc1[nH]nc(C(=O)N(CCC#N)CC(C)C)c1N. The second-order valence-electron chi connectivity index (χ2n) is 4.87. The van der Waals surface area contributed by atoms with E-state index >= 15 is 0 Å². The fraction of sp³-hybridized carbons (Fsp3) is 0.615. The summed E-state index contributed by atoms with van der Waals surface area (Å²) in [5.74, 6) is 0.117. The molecular formula is C13H21N5O. The van der Waals surface area contributed by atoms with Crippen LogP contribution in [-0.4, -0.2) is 34.1 Å². The third-order valence-electron chi connectivity index (χ3n) is 2.81. The van der Waals surface area contributed by atoms with E-state index in [9.17, 15) is 4.79 Å². The lowest BCUT2D eigenvalue weighted by Gasteiger charge is -2.22. The van der Waals surface area contributed by atoms with Crippen molar-refractivity contribution in [3.05, 3.63) is 11.4 Å². The maximum Gasteiger partial charge on any atom is 0.276 e. The van der Waals surface area contributed by atoms with Crippen LogP contribution in [0.4, 0.5) is 5.69 Å². The topological polar surface area (TPSA) is 98.8 Å². The molecule has 0 atom stereocenters. The minimum atomic E-state index is -0.211. The Kier molecular flexibility index (Phi) is 5.37. The van der Waals surface area contributed by atoms with Crippen LogP contribution in [-0.2, 0) is 6.42 Å². The third-order valence-corrected chi connectivity index (χ3v) is 2.81. The van der Waals surface area contributed by atoms with Gasteiger partial charge < -0.3 is 10.6 Å². The van der Waals surface area contributed by atoms with Crippen molar-refractivity contribution in [2.24, 2.45) is 5.92 Å². The number of aryl methyl sites for hydroxylation is 1. The average Bonchev–Trinajstić information content (AvgIpc) is 2.74. The van der Waals surface area contributed by atoms with Crippen molar-refractivity contribution < 1.29 is 4.79 Å². The van der Waals surface area contributed by atoms with Crippen LogP contribution < -0.4 is 5.73 Å². The normalized spacial score (nSPS) is 10.5. The zero-order chi connectivity index (χ0) is 14.4. The zero-order valence-electron chi connectivity index (χ0n) is 11.7. The number of carbonyl (C=O) groups excluding carboxylic acids is 1. The molecule has 0 aliphatic carbocycles. The summed E-state index contributed by atoms with van der Waals surface area (Å²) in [7, 11) is 0. The molecule has 104 valence electrons. The number of hydrogen-bond acceptors (Lipinski definition) is 4. The van der Waals surface area contributed by atoms with Crippen molar-refractivity contribution in [3.63, 3.8) is 0 Å². The Labute approximate surface area is 113 Å². The Morgan fingerprint density at radius 1 is 1.58 bits per heavy atom. The molecule has 1 rings (SSSR count). The molecule has 0 spiro atoms. The molecular weight excluding hydrogens is 242 g/mol. The number of aromatic nitrogens is 2. The number of nitrogen functional groups attached to an aromatic ring is 1. The molecule has 6 nitrogen and oxygen atoms in total. The monoisotopic (exact) mass is 263 g/mol. The highest BCUT2D eigenvalue weighted by atomic mass is 16.2. The van der Waals surface area contributed by atoms with E-state index in [1.165, 1.54) is 0 Å². The van der Waals surface area contributed by atoms with Gasteiger partial charge in [0.05, 0.1) is 23.9 Å². The van der Waals surface area contributed by atoms with Gasteiger partial charge in [0.1, 0.15) is 0 Å². The first kappa shape index (κ1) is 15.0. The maximum atomic E-state index is 12.4. The van der Waals surface area contributed by atoms with Crippen LogP contribution in [0.2, 0.25) is 0 Å². The van der Waals surface area contributed by atoms with Crippen LogP contribution in [0.5, 0.6) is 0 Å². The van der Waals surface area contributed by atoms with E-state index in [1.807, 2.05) is 20.8 Å². The standard InChI is InChI=1S/C13H21N5O/c1-4-10-11(15)12(17-16-10)13(19)18(7-5-6-14)8-9(2)3/h9H,4-5,7-8,15H2,1-3H3,(H,16,17). The summed E-state index contributed by atoms with van der Waals surface area (Å²) < 4.78 is 0. The van der Waals surface area contributed by atoms with Gasteiger partial charge in [0.2, 0.25) is 0 Å². The van der Waals surface area contributed by atoms with Crippen molar-refractivity contribution in [3.8, 4) is 6.07 Å². The van der Waals surface area contributed by atoms with Crippen molar-refractivity contribution in [1.29, 1.82) is 5.26 Å². The summed E-state index contributed by atoms with van der Waals surface area (Å²) >= 11 is 0. The minimum Gasteiger partial charge on any atom is -0.395 e. The number of nitrogens with two attached hydrogens (primary N) is 1. The fourth-order valence-electron chi connectivity index (χ4n) is 1.87. The number of anilines is 1. The summed E-state index contributed by atoms with van der Waals surface area (Å²) in [5.41, 5.74) is 7.35. The van der Waals surface area contributed by atoms with Gasteiger partial charge in [-0.25, -0.2) is 0 Å². The molecule has 3 N–H and O–H groups in total. The number of nitrogens with one attached hydrogen (secondary N) is 1. The molecule has 1 amide bonds. The van der Waals surface area contributed by atoms with Crippen LogP contribution in [0.1, 0.15) is 43.4 Å². The van der Waals surface area contributed by atoms with Crippen molar-refractivity contribution in [2.45, 2.75) is 33.6 Å². The Bertz CT molecular complexity index is 472. The summed E-state index contributed by atoms with van der Waals surface area (Å²) in [6.45, 7) is 6.99. The van der Waals surface area contributed by atoms with E-state index < -0.39 is 0 Å². The summed E-state index contributed by atoms with van der Waals surface area (Å²) in [4.78, 5) is 14.0. The van der Waals surface area contributed by atoms with Gasteiger partial charge in [0.15, 0.2) is 5.69 Å². The van der Waals surface area contributed by atoms with E-state index in [4.69, 9.17) is 11.0 Å². The summed E-state index contributed by atoms with van der Waals surface area (Å²) in [5, 5.41) is 15.4. The predicted octanol–water partition coefficient (Wildman–Crippen LogP) is 1.57. The number of rotatable bonds is 6. The molecule has 1 aromatic heterocycles. The molecule has 0 aliphatic heterocycles. The van der Waals surface area contributed by atoms with Gasteiger partial charge in [-0.2, -0.15) is 10.4 Å². The number of nitrogens with zero attached hydrogens (tertiary/aromatic N) is 3. The van der Waals surface area contributed by atoms with Crippen molar-refractivity contribution >= 4 is 11.6 Å². The van der Waals surface area contributed by atoms with Gasteiger partial charge in [-0.1, -0.05) is 20.8 Å². The molecule has 0 aromatic carbocycles. The number of nitriles is 1. The molecule has 0 bridgehead atoms. The second kappa shape index (κ2) is 6.78. The molecule has 0 aliphatic rings. The summed E-state index contributed by atoms with van der Waals surface area (Å²) in [6.07, 6.45) is 1.01. The first-order valence-electron chi connectivity index (χ1n) is 6.50. The highest BCUT2D eigenvalue weighted by Gasteiger charge is 2.22. The maximum absolute atomic E-state index is 12.4. The van der Waals surface area contributed by atoms with Gasteiger partial charge >= 0.3 is 0 Å². The van der Waals surface area contributed by atoms with E-state index in [0.29, 0.717) is 37.5 Å². The van der Waals surface area contributed by atoms with E-state index in [0.717, 1.165) is 5.69 Å². The molecule has 0 saturated heterocycles. The molecule has 1 aromatic rings. The minimum absolute atomic E-state index is 0.211. The molecule has 0 radical (unpaired) electrons. The Morgan fingerprint density at radius 3 is 2.74 bits per heavy atom. The van der Waals surface area contributed by atoms with Crippen LogP contribution in [0.25, 0.3) is 0 Å². The average molecular weight is 263 g/mol. The Hall–Kier alpha value is -2.03. The number of amides is 1. The lowest BCUT2D eigenvalue weighted by atomic mass is 10.1. The molecule has 0 saturated carbocycles. The van der Waals surface area contributed by atoms with Crippen LogP contribution in [0, 0.1) is 17.2 Å². The first-order valence-corrected chi connectivity index (χ1v) is 6.50. The molecule has 0 fully saturated rings. The highest BCUT2D eigenvalue weighted by molar-refractivity contribution is 5.97. The lowest BCUT2D eigenvalue weighted by molar-refractivity contribution is 0.0735. The molecule has 19 heavy (non-hydrogen) atoms. The predicted molar refractivity (Wildman–Crippen MR) is 73.3 cm³/mol. The fourth-order valence-corrected chi connectivity index (χ4v) is 1.87.